The van der Waals surface area contributed by atoms with Gasteiger partial charge < -0.3 is 20.1 Å². The van der Waals surface area contributed by atoms with Crippen LogP contribution in [0.1, 0.15) is 0 Å². The summed E-state index contributed by atoms with van der Waals surface area (Å²) in [6.45, 7) is -1.16. The molecule has 1 saturated heterocycles. The molecule has 0 amide bonds. The van der Waals surface area contributed by atoms with Crippen molar-refractivity contribution in [1.29, 1.82) is 0 Å². The van der Waals surface area contributed by atoms with E-state index in [-0.39, 0.29) is 10.8 Å². The van der Waals surface area contributed by atoms with E-state index < -0.39 is 47.8 Å². The summed E-state index contributed by atoms with van der Waals surface area (Å²) in [7, 11) is 0. The van der Waals surface area contributed by atoms with E-state index in [0.29, 0.717) is 0 Å². The average molecular weight is 350 g/mol. The minimum atomic E-state index is -4.70. The van der Waals surface area contributed by atoms with Crippen LogP contribution >= 0.6 is 11.3 Å². The number of hydrogen-bond acceptors (Lipinski definition) is 6. The standard InChI is InChI=1S/C11H9F3N4O4S/c12-11(13,14)6-4-16(3-5(6)9(19)20)7-8(18(21)22)17-1-2-23-10(17)15-7/h1-2,5-6H,3-4H2,(H,19,20)/t5-,6-/m1/s1. The summed E-state index contributed by atoms with van der Waals surface area (Å²) >= 11 is 1.09. The third-order valence-corrected chi connectivity index (χ3v) is 4.51. The zero-order chi connectivity index (χ0) is 16.9. The van der Waals surface area contributed by atoms with Gasteiger partial charge >= 0.3 is 18.0 Å². The number of fused-ring (bicyclic) bond motifs is 1. The molecule has 0 unspecified atom stereocenters. The molecule has 8 nitrogen and oxygen atoms in total. The maximum atomic E-state index is 13.0. The van der Waals surface area contributed by atoms with E-state index in [1.807, 2.05) is 0 Å². The molecule has 0 aromatic carbocycles. The molecule has 2 aromatic heterocycles. The lowest BCUT2D eigenvalue weighted by Crippen LogP contribution is -2.33. The van der Waals surface area contributed by atoms with Crippen LogP contribution in [0.4, 0.5) is 24.8 Å². The van der Waals surface area contributed by atoms with Gasteiger partial charge in [-0.1, -0.05) is 11.3 Å². The number of aromatic nitrogens is 2. The normalized spacial score (nSPS) is 22.0. The monoisotopic (exact) mass is 350 g/mol. The first-order valence-corrected chi connectivity index (χ1v) is 7.22. The zero-order valence-electron chi connectivity index (χ0n) is 11.2. The number of carboxylic acid groups (broad SMARTS) is 1. The molecule has 2 aromatic rings. The molecule has 23 heavy (non-hydrogen) atoms. The molecular weight excluding hydrogens is 341 g/mol. The highest BCUT2D eigenvalue weighted by molar-refractivity contribution is 7.15. The molecule has 1 N–H and O–H groups in total. The van der Waals surface area contributed by atoms with Crippen LogP contribution in [-0.4, -0.2) is 44.6 Å². The summed E-state index contributed by atoms with van der Waals surface area (Å²) < 4.78 is 40.2. The number of thiazole rings is 1. The van der Waals surface area contributed by atoms with Crippen LogP contribution < -0.4 is 4.90 Å². The molecule has 0 saturated carbocycles. The third kappa shape index (κ3) is 2.48. The summed E-state index contributed by atoms with van der Waals surface area (Å²) in [5.74, 6) is -6.07. The smallest absolute Gasteiger partial charge is 0.394 e. The van der Waals surface area contributed by atoms with Gasteiger partial charge in [0.05, 0.1) is 11.8 Å². The van der Waals surface area contributed by atoms with Crippen LogP contribution in [0.2, 0.25) is 0 Å². The van der Waals surface area contributed by atoms with E-state index in [4.69, 9.17) is 5.11 Å². The Bertz CT molecular complexity index is 786. The molecule has 3 rings (SSSR count). The van der Waals surface area contributed by atoms with Crippen LogP contribution in [0.25, 0.3) is 4.96 Å². The number of carbonyl (C=O) groups is 1. The molecule has 0 spiro atoms. The van der Waals surface area contributed by atoms with Gasteiger partial charge in [0.15, 0.2) is 0 Å². The van der Waals surface area contributed by atoms with Crippen molar-refractivity contribution < 1.29 is 28.0 Å². The van der Waals surface area contributed by atoms with Gasteiger partial charge in [0.1, 0.15) is 6.20 Å². The molecule has 124 valence electrons. The van der Waals surface area contributed by atoms with E-state index >= 15 is 0 Å². The number of anilines is 1. The molecule has 0 bridgehead atoms. The number of aliphatic carboxylic acids is 1. The van der Waals surface area contributed by atoms with E-state index in [2.05, 4.69) is 4.98 Å². The van der Waals surface area contributed by atoms with E-state index in [0.717, 1.165) is 20.6 Å². The maximum absolute atomic E-state index is 13.0. The fraction of sp³-hybridized carbons (Fsp3) is 0.455. The van der Waals surface area contributed by atoms with Gasteiger partial charge in [-0.05, 0) is 4.92 Å². The Labute approximate surface area is 129 Å². The van der Waals surface area contributed by atoms with Crippen LogP contribution in [-0.2, 0) is 4.79 Å². The van der Waals surface area contributed by atoms with Crippen molar-refractivity contribution in [3.63, 3.8) is 0 Å². The molecule has 1 aliphatic heterocycles. The fourth-order valence-electron chi connectivity index (χ4n) is 2.70. The molecule has 0 aliphatic carbocycles. The molecule has 1 fully saturated rings. The first-order chi connectivity index (χ1) is 10.7. The van der Waals surface area contributed by atoms with Crippen molar-refractivity contribution in [2.45, 2.75) is 6.18 Å². The molecule has 2 atom stereocenters. The number of carboxylic acids is 1. The lowest BCUT2D eigenvalue weighted by Gasteiger charge is -2.18. The Kier molecular flexibility index (Phi) is 3.43. The Morgan fingerprint density at radius 2 is 2.17 bits per heavy atom. The summed E-state index contributed by atoms with van der Waals surface area (Å²) in [6, 6.07) is 0. The van der Waals surface area contributed by atoms with Gasteiger partial charge in [-0.3, -0.25) is 4.79 Å². The second-order valence-electron chi connectivity index (χ2n) is 5.07. The van der Waals surface area contributed by atoms with Crippen LogP contribution in [0, 0.1) is 22.0 Å². The van der Waals surface area contributed by atoms with E-state index in [1.165, 1.54) is 6.20 Å². The first-order valence-electron chi connectivity index (χ1n) is 6.34. The molecule has 3 heterocycles. The molecule has 12 heteroatoms. The van der Waals surface area contributed by atoms with Gasteiger partial charge in [-0.25, -0.2) is 0 Å². The number of nitrogens with zero attached hydrogens (tertiary/aromatic N) is 4. The summed E-state index contributed by atoms with van der Waals surface area (Å²) in [4.78, 5) is 26.9. The Morgan fingerprint density at radius 3 is 2.70 bits per heavy atom. The summed E-state index contributed by atoms with van der Waals surface area (Å²) in [5, 5.41) is 21.8. The molecule has 0 radical (unpaired) electrons. The lowest BCUT2D eigenvalue weighted by molar-refractivity contribution is -0.389. The van der Waals surface area contributed by atoms with Gasteiger partial charge in [0.25, 0.3) is 4.96 Å². The van der Waals surface area contributed by atoms with Crippen LogP contribution in [0.15, 0.2) is 11.6 Å². The quantitative estimate of drug-likeness (QED) is 0.671. The third-order valence-electron chi connectivity index (χ3n) is 3.75. The topological polar surface area (TPSA) is 101 Å². The molecular formula is C11H9F3N4O4S. The van der Waals surface area contributed by atoms with Crippen LogP contribution in [0.3, 0.4) is 0 Å². The highest BCUT2D eigenvalue weighted by atomic mass is 32.1. The lowest BCUT2D eigenvalue weighted by atomic mass is 9.96. The maximum Gasteiger partial charge on any atom is 0.394 e. The van der Waals surface area contributed by atoms with Crippen LogP contribution in [0.5, 0.6) is 0 Å². The number of alkyl halides is 3. The number of halogens is 3. The Hall–Kier alpha value is -2.37. The van der Waals surface area contributed by atoms with Crippen molar-refractivity contribution >= 4 is 33.9 Å². The Balaban J connectivity index is 2.03. The predicted molar refractivity (Wildman–Crippen MR) is 72.6 cm³/mol. The predicted octanol–water partition coefficient (Wildman–Crippen LogP) is 2.00. The average Bonchev–Trinajstić information content (AvgIpc) is 3.09. The van der Waals surface area contributed by atoms with E-state index in [1.54, 1.807) is 5.38 Å². The number of nitro groups is 1. The zero-order valence-corrected chi connectivity index (χ0v) is 12.0. The van der Waals surface area contributed by atoms with Crippen molar-refractivity contribution in [2.75, 3.05) is 18.0 Å². The van der Waals surface area contributed by atoms with Gasteiger partial charge in [-0.15, -0.1) is 0 Å². The van der Waals surface area contributed by atoms with Gasteiger partial charge in [0, 0.05) is 18.5 Å². The SMILES string of the molecule is O=C(O)[C@@H]1CN(c2nc3sccn3c2[N+](=O)[O-])C[C@H]1C(F)(F)F. The van der Waals surface area contributed by atoms with Crippen molar-refractivity contribution in [3.05, 3.63) is 21.7 Å². The number of imidazole rings is 1. The minimum Gasteiger partial charge on any atom is -0.481 e. The molecule has 1 aliphatic rings. The first kappa shape index (κ1) is 15.5. The number of rotatable bonds is 3. The summed E-state index contributed by atoms with van der Waals surface area (Å²) in [6.07, 6.45) is -3.32. The van der Waals surface area contributed by atoms with Crippen molar-refractivity contribution in [2.24, 2.45) is 11.8 Å². The van der Waals surface area contributed by atoms with Gasteiger partial charge in [-0.2, -0.15) is 22.6 Å². The second-order valence-corrected chi connectivity index (χ2v) is 5.94. The van der Waals surface area contributed by atoms with E-state index in [9.17, 15) is 28.1 Å². The highest BCUT2D eigenvalue weighted by Gasteiger charge is 2.53. The summed E-state index contributed by atoms with van der Waals surface area (Å²) in [5.41, 5.74) is 0. The fourth-order valence-corrected chi connectivity index (χ4v) is 3.41. The number of hydrogen-bond donors (Lipinski definition) is 1. The second kappa shape index (κ2) is 5.08. The Morgan fingerprint density at radius 1 is 1.48 bits per heavy atom. The highest BCUT2D eigenvalue weighted by Crippen LogP contribution is 2.41. The van der Waals surface area contributed by atoms with Gasteiger partial charge in [0.2, 0.25) is 5.82 Å². The van der Waals surface area contributed by atoms with Crippen molar-refractivity contribution in [1.82, 2.24) is 9.38 Å². The minimum absolute atomic E-state index is 0.236. The van der Waals surface area contributed by atoms with Crippen molar-refractivity contribution in [3.8, 4) is 0 Å². The largest absolute Gasteiger partial charge is 0.481 e.